The summed E-state index contributed by atoms with van der Waals surface area (Å²) >= 11 is 0. The number of ether oxygens (including phenoxy) is 1. The molecule has 2 aliphatic heterocycles. The van der Waals surface area contributed by atoms with Gasteiger partial charge in [-0.05, 0) is 62.2 Å². The second-order valence-corrected chi connectivity index (χ2v) is 8.55. The van der Waals surface area contributed by atoms with Crippen molar-refractivity contribution in [1.29, 1.82) is 0 Å². The van der Waals surface area contributed by atoms with Gasteiger partial charge in [-0.15, -0.1) is 0 Å². The largest absolute Gasteiger partial charge is 0.378 e. The molecule has 2 heterocycles. The zero-order chi connectivity index (χ0) is 21.8. The van der Waals surface area contributed by atoms with Crippen LogP contribution in [0, 0.1) is 13.8 Å². The quantitative estimate of drug-likeness (QED) is 0.801. The highest BCUT2D eigenvalue weighted by atomic mass is 16.5. The second-order valence-electron chi connectivity index (χ2n) is 8.55. The first-order chi connectivity index (χ1) is 15.0. The van der Waals surface area contributed by atoms with Crippen molar-refractivity contribution in [3.63, 3.8) is 0 Å². The van der Waals surface area contributed by atoms with Crippen LogP contribution in [0.1, 0.15) is 18.1 Å². The minimum Gasteiger partial charge on any atom is -0.378 e. The fraction of sp³-hybridized carbons (Fsp3) is 0.480. The number of carbonyl (C=O) groups is 1. The van der Waals surface area contributed by atoms with Gasteiger partial charge in [0.15, 0.2) is 0 Å². The van der Waals surface area contributed by atoms with Gasteiger partial charge in [0.05, 0.1) is 19.3 Å². The maximum Gasteiger partial charge on any atom is 0.241 e. The smallest absolute Gasteiger partial charge is 0.241 e. The number of amides is 1. The third-order valence-electron chi connectivity index (χ3n) is 6.67. The topological polar surface area (TPSA) is 48.0 Å². The normalized spacial score (nSPS) is 18.7. The molecule has 1 unspecified atom stereocenters. The number of anilines is 3. The standard InChI is InChI=1S/C25H34N4O2/c1-19-5-4-6-24(20(19)2)29-13-11-27(12-14-29)21(3)25(30)26-22-7-9-23(10-8-22)28-15-17-31-18-16-28/h4-10,21H,11-18H2,1-3H3,(H,26,30). The van der Waals surface area contributed by atoms with Crippen molar-refractivity contribution in [2.75, 3.05) is 67.6 Å². The Hall–Kier alpha value is -2.57. The van der Waals surface area contributed by atoms with Crippen LogP contribution in [0.25, 0.3) is 0 Å². The van der Waals surface area contributed by atoms with Crippen molar-refractivity contribution < 1.29 is 9.53 Å². The number of hydrogen-bond acceptors (Lipinski definition) is 5. The highest BCUT2D eigenvalue weighted by molar-refractivity contribution is 5.94. The van der Waals surface area contributed by atoms with E-state index in [0.717, 1.165) is 58.2 Å². The van der Waals surface area contributed by atoms with E-state index in [1.54, 1.807) is 0 Å². The molecule has 2 saturated heterocycles. The maximum absolute atomic E-state index is 12.9. The molecule has 6 nitrogen and oxygen atoms in total. The Balaban J connectivity index is 1.30. The molecule has 2 fully saturated rings. The molecule has 166 valence electrons. The number of aryl methyl sites for hydroxylation is 1. The summed E-state index contributed by atoms with van der Waals surface area (Å²) in [5.74, 6) is 0.0549. The van der Waals surface area contributed by atoms with E-state index in [4.69, 9.17) is 4.74 Å². The molecule has 0 bridgehead atoms. The number of piperazine rings is 1. The molecule has 4 rings (SSSR count). The van der Waals surface area contributed by atoms with Crippen LogP contribution in [0.5, 0.6) is 0 Å². The van der Waals surface area contributed by atoms with E-state index < -0.39 is 0 Å². The zero-order valence-corrected chi connectivity index (χ0v) is 18.9. The molecule has 2 aromatic rings. The molecule has 2 aromatic carbocycles. The lowest BCUT2D eigenvalue weighted by molar-refractivity contribution is -0.120. The average Bonchev–Trinajstić information content (AvgIpc) is 2.81. The number of benzene rings is 2. The molecule has 2 aliphatic rings. The van der Waals surface area contributed by atoms with Crippen LogP contribution in [0.15, 0.2) is 42.5 Å². The predicted octanol–water partition coefficient (Wildman–Crippen LogP) is 3.29. The van der Waals surface area contributed by atoms with Gasteiger partial charge in [0.1, 0.15) is 0 Å². The van der Waals surface area contributed by atoms with Crippen LogP contribution in [0.2, 0.25) is 0 Å². The molecule has 6 heteroatoms. The monoisotopic (exact) mass is 422 g/mol. The van der Waals surface area contributed by atoms with E-state index in [1.165, 1.54) is 22.5 Å². The Kier molecular flexibility index (Phi) is 6.78. The van der Waals surface area contributed by atoms with Gasteiger partial charge in [0.2, 0.25) is 5.91 Å². The minimum absolute atomic E-state index is 0.0549. The van der Waals surface area contributed by atoms with Crippen molar-refractivity contribution in [3.8, 4) is 0 Å². The fourth-order valence-corrected chi connectivity index (χ4v) is 4.42. The fourth-order valence-electron chi connectivity index (χ4n) is 4.42. The Morgan fingerprint density at radius 1 is 0.903 bits per heavy atom. The third kappa shape index (κ3) is 5.02. The predicted molar refractivity (Wildman–Crippen MR) is 127 cm³/mol. The van der Waals surface area contributed by atoms with Crippen LogP contribution in [0.4, 0.5) is 17.1 Å². The Morgan fingerprint density at radius 2 is 1.58 bits per heavy atom. The van der Waals surface area contributed by atoms with E-state index in [1.807, 2.05) is 19.1 Å². The summed E-state index contributed by atoms with van der Waals surface area (Å²) in [6, 6.07) is 14.5. The lowest BCUT2D eigenvalue weighted by Gasteiger charge is -2.39. The minimum atomic E-state index is -0.153. The first-order valence-corrected chi connectivity index (χ1v) is 11.3. The van der Waals surface area contributed by atoms with Crippen molar-refractivity contribution in [3.05, 3.63) is 53.6 Å². The van der Waals surface area contributed by atoms with Crippen molar-refractivity contribution >= 4 is 23.0 Å². The number of rotatable bonds is 5. The number of morpholine rings is 1. The van der Waals surface area contributed by atoms with Crippen molar-refractivity contribution in [1.82, 2.24) is 4.90 Å². The number of hydrogen-bond donors (Lipinski definition) is 1. The molecule has 1 amide bonds. The number of nitrogens with one attached hydrogen (secondary N) is 1. The summed E-state index contributed by atoms with van der Waals surface area (Å²) in [6.07, 6.45) is 0. The molecule has 0 radical (unpaired) electrons. The van der Waals surface area contributed by atoms with Crippen LogP contribution < -0.4 is 15.1 Å². The lowest BCUT2D eigenvalue weighted by atomic mass is 10.1. The first kappa shape index (κ1) is 21.7. The van der Waals surface area contributed by atoms with Crippen molar-refractivity contribution in [2.45, 2.75) is 26.8 Å². The van der Waals surface area contributed by atoms with Crippen LogP contribution in [-0.2, 0) is 9.53 Å². The van der Waals surface area contributed by atoms with Gasteiger partial charge in [-0.1, -0.05) is 12.1 Å². The molecule has 1 atom stereocenters. The molecule has 0 aromatic heterocycles. The van der Waals surface area contributed by atoms with Gasteiger partial charge in [-0.2, -0.15) is 0 Å². The Bertz CT molecular complexity index is 885. The van der Waals surface area contributed by atoms with Gasteiger partial charge in [0.25, 0.3) is 0 Å². The average molecular weight is 423 g/mol. The van der Waals surface area contributed by atoms with Gasteiger partial charge in [0, 0.05) is 56.3 Å². The molecule has 0 spiro atoms. The highest BCUT2D eigenvalue weighted by Gasteiger charge is 2.26. The molecule has 0 saturated carbocycles. The summed E-state index contributed by atoms with van der Waals surface area (Å²) in [5, 5.41) is 3.09. The van der Waals surface area contributed by atoms with E-state index in [2.05, 4.69) is 64.2 Å². The van der Waals surface area contributed by atoms with E-state index in [9.17, 15) is 4.79 Å². The molecule has 1 N–H and O–H groups in total. The molecule has 31 heavy (non-hydrogen) atoms. The Labute approximate surface area is 185 Å². The van der Waals surface area contributed by atoms with Gasteiger partial charge >= 0.3 is 0 Å². The van der Waals surface area contributed by atoms with E-state index in [0.29, 0.717) is 0 Å². The summed E-state index contributed by atoms with van der Waals surface area (Å²) in [5.41, 5.74) is 6.02. The third-order valence-corrected chi connectivity index (χ3v) is 6.67. The highest BCUT2D eigenvalue weighted by Crippen LogP contribution is 2.24. The molecule has 0 aliphatic carbocycles. The van der Waals surface area contributed by atoms with Crippen LogP contribution in [0.3, 0.4) is 0 Å². The van der Waals surface area contributed by atoms with Crippen molar-refractivity contribution in [2.24, 2.45) is 0 Å². The molecular weight excluding hydrogens is 388 g/mol. The number of carbonyl (C=O) groups excluding carboxylic acids is 1. The maximum atomic E-state index is 12.9. The van der Waals surface area contributed by atoms with E-state index in [-0.39, 0.29) is 11.9 Å². The van der Waals surface area contributed by atoms with Crippen LogP contribution in [-0.4, -0.2) is 69.3 Å². The zero-order valence-electron chi connectivity index (χ0n) is 18.9. The van der Waals surface area contributed by atoms with Gasteiger partial charge in [-0.3, -0.25) is 9.69 Å². The van der Waals surface area contributed by atoms with Gasteiger partial charge < -0.3 is 19.9 Å². The lowest BCUT2D eigenvalue weighted by Crippen LogP contribution is -2.53. The van der Waals surface area contributed by atoms with E-state index >= 15 is 0 Å². The Morgan fingerprint density at radius 3 is 2.26 bits per heavy atom. The summed E-state index contributed by atoms with van der Waals surface area (Å²) < 4.78 is 5.42. The van der Waals surface area contributed by atoms with Crippen LogP contribution >= 0.6 is 0 Å². The summed E-state index contributed by atoms with van der Waals surface area (Å²) in [7, 11) is 0. The first-order valence-electron chi connectivity index (χ1n) is 11.3. The number of nitrogens with zero attached hydrogens (tertiary/aromatic N) is 3. The summed E-state index contributed by atoms with van der Waals surface area (Å²) in [6.45, 7) is 13.4. The SMILES string of the molecule is Cc1cccc(N2CCN(C(C)C(=O)Nc3ccc(N4CCOCC4)cc3)CC2)c1C. The second kappa shape index (κ2) is 9.71. The molecular formula is C25H34N4O2. The summed E-state index contributed by atoms with van der Waals surface area (Å²) in [4.78, 5) is 19.9. The van der Waals surface area contributed by atoms with Gasteiger partial charge in [-0.25, -0.2) is 0 Å².